The Morgan fingerprint density at radius 2 is 1.23 bits per heavy atom. The Hall–Kier alpha value is -2.14. The minimum Gasteiger partial charge on any atom is -0.507 e. The predicted molar refractivity (Wildman–Crippen MR) is 149 cm³/mol. The third-order valence-electron chi connectivity index (χ3n) is 5.75. The number of ether oxygens (including phenoxy) is 1. The monoisotopic (exact) mass is 502 g/mol. The zero-order chi connectivity index (χ0) is 27.4. The summed E-state index contributed by atoms with van der Waals surface area (Å²) in [6, 6.07) is 7.91. The molecule has 0 heterocycles. The number of hydrogen-bond donors (Lipinski definition) is 3. The molecule has 0 amide bonds. The van der Waals surface area contributed by atoms with Gasteiger partial charge in [0.15, 0.2) is 0 Å². The second-order valence-corrected chi connectivity index (χ2v) is 12.8. The summed E-state index contributed by atoms with van der Waals surface area (Å²) in [5, 5.41) is 20.4. The first-order valence-electron chi connectivity index (χ1n) is 12.3. The maximum atomic E-state index is 11.6. The van der Waals surface area contributed by atoms with Gasteiger partial charge >= 0.3 is 5.97 Å². The molecule has 0 aromatic heterocycles. The fraction of sp³-hybridized carbons (Fsp3) is 0.567. The van der Waals surface area contributed by atoms with Crippen molar-refractivity contribution in [2.45, 2.75) is 110 Å². The summed E-state index contributed by atoms with van der Waals surface area (Å²) in [6.45, 7) is 23.0. The van der Waals surface area contributed by atoms with Crippen molar-refractivity contribution in [3.05, 3.63) is 52.1 Å². The molecule has 0 spiro atoms. The molecule has 2 aromatic carbocycles. The first-order chi connectivity index (χ1) is 15.8. The zero-order valence-electron chi connectivity index (χ0n) is 23.6. The largest absolute Gasteiger partial charge is 0.507 e. The van der Waals surface area contributed by atoms with Gasteiger partial charge in [0, 0.05) is 16.9 Å². The van der Waals surface area contributed by atoms with Crippen LogP contribution < -0.4 is 0 Å². The fourth-order valence-corrected chi connectivity index (χ4v) is 4.12. The average Bonchev–Trinajstić information content (AvgIpc) is 2.68. The molecule has 0 radical (unpaired) electrons. The molecule has 2 rings (SSSR count). The Morgan fingerprint density at radius 3 is 1.63 bits per heavy atom. The molecular weight excluding hydrogens is 456 g/mol. The second kappa shape index (κ2) is 11.7. The van der Waals surface area contributed by atoms with Gasteiger partial charge in [-0.1, -0.05) is 80.5 Å². The van der Waals surface area contributed by atoms with Crippen LogP contribution in [0.3, 0.4) is 0 Å². The van der Waals surface area contributed by atoms with Crippen molar-refractivity contribution in [1.82, 2.24) is 0 Å². The molecule has 0 fully saturated rings. The van der Waals surface area contributed by atoms with E-state index in [1.807, 2.05) is 38.1 Å². The SMILES string of the molecule is CCOC(=O)CCc1cc(C(C)(C)C)c(O)c(C(C)(C)C)c1.Cc1cc(S)c(O)c(C(C)(C)C)c1. The lowest BCUT2D eigenvalue weighted by Gasteiger charge is -2.28. The van der Waals surface area contributed by atoms with E-state index in [-0.39, 0.29) is 22.2 Å². The van der Waals surface area contributed by atoms with Crippen molar-refractivity contribution in [2.24, 2.45) is 0 Å². The molecule has 0 aliphatic heterocycles. The number of aromatic hydroxyl groups is 2. The van der Waals surface area contributed by atoms with E-state index in [4.69, 9.17) is 4.74 Å². The standard InChI is InChI=1S/C19H30O3.C11H16OS/c1-8-22-16(20)10-9-13-11-14(18(2,3)4)17(21)15(12-13)19(5,6)7;1-7-5-8(11(2,3)4)10(12)9(13)6-7/h11-12,21H,8-10H2,1-7H3;5-6,12-13H,1-4H3. The Bertz CT molecular complexity index is 983. The van der Waals surface area contributed by atoms with E-state index in [0.717, 1.165) is 27.8 Å². The highest BCUT2D eigenvalue weighted by Crippen LogP contribution is 2.40. The normalized spacial score (nSPS) is 12.1. The van der Waals surface area contributed by atoms with Crippen molar-refractivity contribution in [2.75, 3.05) is 6.61 Å². The lowest BCUT2D eigenvalue weighted by atomic mass is 9.78. The van der Waals surface area contributed by atoms with Gasteiger partial charge in [-0.2, -0.15) is 0 Å². The minimum atomic E-state index is -0.176. The Labute approximate surface area is 218 Å². The number of esters is 1. The van der Waals surface area contributed by atoms with E-state index >= 15 is 0 Å². The third-order valence-corrected chi connectivity index (χ3v) is 6.09. The Morgan fingerprint density at radius 1 is 0.800 bits per heavy atom. The van der Waals surface area contributed by atoms with Crippen LogP contribution in [-0.4, -0.2) is 22.8 Å². The van der Waals surface area contributed by atoms with Gasteiger partial charge in [-0.15, -0.1) is 12.6 Å². The molecule has 0 saturated carbocycles. The summed E-state index contributed by atoms with van der Waals surface area (Å²) in [5.74, 6) is 0.506. The van der Waals surface area contributed by atoms with Crippen molar-refractivity contribution in [1.29, 1.82) is 0 Å². The number of aryl methyl sites for hydroxylation is 2. The van der Waals surface area contributed by atoms with E-state index in [9.17, 15) is 15.0 Å². The van der Waals surface area contributed by atoms with Gasteiger partial charge in [0.25, 0.3) is 0 Å². The molecule has 0 atom stereocenters. The van der Waals surface area contributed by atoms with Crippen LogP contribution in [0.5, 0.6) is 11.5 Å². The molecule has 2 aromatic rings. The topological polar surface area (TPSA) is 66.8 Å². The number of hydrogen-bond acceptors (Lipinski definition) is 5. The maximum absolute atomic E-state index is 11.6. The average molecular weight is 503 g/mol. The van der Waals surface area contributed by atoms with Crippen LogP contribution in [0.2, 0.25) is 0 Å². The second-order valence-electron chi connectivity index (χ2n) is 12.3. The number of phenolic OH excluding ortho intramolecular Hbond substituents is 2. The summed E-state index contributed by atoms with van der Waals surface area (Å²) in [5.41, 5.74) is 4.69. The summed E-state index contributed by atoms with van der Waals surface area (Å²) < 4.78 is 4.99. The van der Waals surface area contributed by atoms with Crippen LogP contribution >= 0.6 is 12.6 Å². The van der Waals surface area contributed by atoms with Crippen LogP contribution in [0.25, 0.3) is 0 Å². The van der Waals surface area contributed by atoms with E-state index in [1.165, 1.54) is 0 Å². The van der Waals surface area contributed by atoms with Gasteiger partial charge in [-0.25, -0.2) is 0 Å². The number of phenols is 2. The predicted octanol–water partition coefficient (Wildman–Crippen LogP) is 7.77. The van der Waals surface area contributed by atoms with Crippen LogP contribution in [0.15, 0.2) is 29.2 Å². The highest BCUT2D eigenvalue weighted by atomic mass is 32.1. The first-order valence-corrected chi connectivity index (χ1v) is 12.8. The maximum Gasteiger partial charge on any atom is 0.306 e. The molecule has 5 heteroatoms. The molecule has 0 unspecified atom stereocenters. The highest BCUT2D eigenvalue weighted by molar-refractivity contribution is 7.80. The lowest BCUT2D eigenvalue weighted by Crippen LogP contribution is -2.18. The molecule has 0 saturated heterocycles. The number of rotatable bonds is 4. The summed E-state index contributed by atoms with van der Waals surface area (Å²) >= 11 is 4.22. The molecule has 2 N–H and O–H groups in total. The fourth-order valence-electron chi connectivity index (χ4n) is 3.79. The van der Waals surface area contributed by atoms with Gasteiger partial charge in [0.2, 0.25) is 0 Å². The molecule has 196 valence electrons. The van der Waals surface area contributed by atoms with Crippen molar-refractivity contribution < 1.29 is 19.7 Å². The molecule has 0 aliphatic rings. The van der Waals surface area contributed by atoms with E-state index in [2.05, 4.69) is 74.9 Å². The number of carbonyl (C=O) groups is 1. The number of thiol groups is 1. The zero-order valence-corrected chi connectivity index (χ0v) is 24.5. The van der Waals surface area contributed by atoms with Gasteiger partial charge in [-0.3, -0.25) is 4.79 Å². The molecule has 0 aliphatic carbocycles. The summed E-state index contributed by atoms with van der Waals surface area (Å²) in [7, 11) is 0. The van der Waals surface area contributed by atoms with E-state index in [0.29, 0.717) is 35.8 Å². The summed E-state index contributed by atoms with van der Waals surface area (Å²) in [4.78, 5) is 12.2. The van der Waals surface area contributed by atoms with E-state index < -0.39 is 0 Å². The van der Waals surface area contributed by atoms with Crippen molar-refractivity contribution >= 4 is 18.6 Å². The van der Waals surface area contributed by atoms with Gasteiger partial charge in [0.05, 0.1) is 6.61 Å². The number of benzene rings is 2. The van der Waals surface area contributed by atoms with E-state index in [1.54, 1.807) is 0 Å². The molecule has 35 heavy (non-hydrogen) atoms. The van der Waals surface area contributed by atoms with Crippen LogP contribution in [0, 0.1) is 6.92 Å². The summed E-state index contributed by atoms with van der Waals surface area (Å²) in [6.07, 6.45) is 0.997. The Kier molecular flexibility index (Phi) is 10.4. The smallest absolute Gasteiger partial charge is 0.306 e. The van der Waals surface area contributed by atoms with Gasteiger partial charge in [-0.05, 0) is 64.8 Å². The Balaban J connectivity index is 0.000000400. The van der Waals surface area contributed by atoms with Crippen LogP contribution in [-0.2, 0) is 32.2 Å². The third kappa shape index (κ3) is 9.10. The molecule has 0 bridgehead atoms. The number of carbonyl (C=O) groups excluding carboxylic acids is 1. The quantitative estimate of drug-likeness (QED) is 0.295. The van der Waals surface area contributed by atoms with Gasteiger partial charge in [0.1, 0.15) is 11.5 Å². The van der Waals surface area contributed by atoms with Crippen LogP contribution in [0.4, 0.5) is 0 Å². The minimum absolute atomic E-state index is 0.0341. The van der Waals surface area contributed by atoms with Crippen molar-refractivity contribution in [3.63, 3.8) is 0 Å². The lowest BCUT2D eigenvalue weighted by molar-refractivity contribution is -0.143. The van der Waals surface area contributed by atoms with Crippen LogP contribution in [0.1, 0.15) is 103 Å². The first kappa shape index (κ1) is 30.9. The molecule has 4 nitrogen and oxygen atoms in total. The molecular formula is C30H46O4S. The van der Waals surface area contributed by atoms with Crippen molar-refractivity contribution in [3.8, 4) is 11.5 Å². The highest BCUT2D eigenvalue weighted by Gasteiger charge is 2.26. The van der Waals surface area contributed by atoms with Gasteiger partial charge < -0.3 is 14.9 Å².